The third-order valence-corrected chi connectivity index (χ3v) is 3.31. The number of rotatable bonds is 9. The van der Waals surface area contributed by atoms with Gasteiger partial charge in [0.15, 0.2) is 0 Å². The minimum absolute atomic E-state index is 0.730. The molecule has 1 rings (SSSR count). The average Bonchev–Trinajstić information content (AvgIpc) is 2.35. The van der Waals surface area contributed by atoms with Gasteiger partial charge in [-0.3, -0.25) is 0 Å². The van der Waals surface area contributed by atoms with E-state index in [1.54, 1.807) is 7.11 Å². The molecule has 1 aromatic carbocycles. The number of hydrogen-bond donors (Lipinski definition) is 1. The van der Waals surface area contributed by atoms with Crippen molar-refractivity contribution in [2.45, 2.75) is 32.6 Å². The van der Waals surface area contributed by atoms with Gasteiger partial charge in [-0.1, -0.05) is 36.2 Å². The van der Waals surface area contributed by atoms with Crippen LogP contribution in [0.25, 0.3) is 0 Å². The first kappa shape index (κ1) is 15.2. The van der Waals surface area contributed by atoms with Gasteiger partial charge in [-0.25, -0.2) is 0 Å². The second-order valence-corrected chi connectivity index (χ2v) is 5.11. The van der Waals surface area contributed by atoms with Crippen molar-refractivity contribution in [2.75, 3.05) is 27.3 Å². The zero-order valence-electron chi connectivity index (χ0n) is 12.0. The van der Waals surface area contributed by atoms with Crippen molar-refractivity contribution in [1.82, 2.24) is 5.32 Å². The molecule has 2 nitrogen and oxygen atoms in total. The van der Waals surface area contributed by atoms with E-state index in [0.717, 1.165) is 19.1 Å². The van der Waals surface area contributed by atoms with Gasteiger partial charge in [0.1, 0.15) is 0 Å². The van der Waals surface area contributed by atoms with Crippen LogP contribution in [0.4, 0.5) is 0 Å². The molecular weight excluding hydrogens is 222 g/mol. The maximum Gasteiger partial charge on any atom is 0.0462 e. The number of benzene rings is 1. The van der Waals surface area contributed by atoms with Gasteiger partial charge in [0.05, 0.1) is 0 Å². The van der Waals surface area contributed by atoms with Crippen molar-refractivity contribution in [2.24, 2.45) is 5.92 Å². The number of aryl methyl sites for hydroxylation is 1. The summed E-state index contributed by atoms with van der Waals surface area (Å²) in [7, 11) is 3.82. The summed E-state index contributed by atoms with van der Waals surface area (Å²) in [5, 5.41) is 3.31. The Morgan fingerprint density at radius 1 is 1.28 bits per heavy atom. The highest BCUT2D eigenvalue weighted by Crippen LogP contribution is 2.16. The summed E-state index contributed by atoms with van der Waals surface area (Å²) in [4.78, 5) is 0. The fourth-order valence-electron chi connectivity index (χ4n) is 2.42. The van der Waals surface area contributed by atoms with Crippen LogP contribution in [0.1, 0.15) is 30.4 Å². The maximum absolute atomic E-state index is 5.10. The third kappa shape index (κ3) is 6.18. The first-order valence-electron chi connectivity index (χ1n) is 6.95. The molecule has 0 radical (unpaired) electrons. The Kier molecular flexibility index (Phi) is 7.70. The van der Waals surface area contributed by atoms with Crippen LogP contribution in [-0.2, 0) is 11.2 Å². The Hall–Kier alpha value is -0.860. The van der Waals surface area contributed by atoms with E-state index in [1.807, 2.05) is 7.05 Å². The Labute approximate surface area is 112 Å². The maximum atomic E-state index is 5.10. The molecule has 0 heterocycles. The molecule has 1 atom stereocenters. The van der Waals surface area contributed by atoms with Crippen molar-refractivity contribution in [3.05, 3.63) is 35.4 Å². The van der Waals surface area contributed by atoms with Crippen molar-refractivity contribution in [3.8, 4) is 0 Å². The predicted molar refractivity (Wildman–Crippen MR) is 78.0 cm³/mol. The average molecular weight is 249 g/mol. The van der Waals surface area contributed by atoms with Crippen LogP contribution >= 0.6 is 0 Å². The largest absolute Gasteiger partial charge is 0.385 e. The van der Waals surface area contributed by atoms with Gasteiger partial charge in [-0.15, -0.1) is 0 Å². The van der Waals surface area contributed by atoms with Crippen LogP contribution in [-0.4, -0.2) is 27.3 Å². The number of hydrogen-bond acceptors (Lipinski definition) is 2. The molecule has 0 aromatic heterocycles. The highest BCUT2D eigenvalue weighted by Gasteiger charge is 2.08. The van der Waals surface area contributed by atoms with Gasteiger partial charge in [0, 0.05) is 13.7 Å². The minimum atomic E-state index is 0.730. The Morgan fingerprint density at radius 2 is 2.11 bits per heavy atom. The molecule has 0 amide bonds. The van der Waals surface area contributed by atoms with Gasteiger partial charge in [-0.05, 0) is 51.3 Å². The lowest BCUT2D eigenvalue weighted by atomic mass is 9.93. The molecule has 102 valence electrons. The number of unbranched alkanes of at least 4 members (excludes halogenated alkanes) is 1. The van der Waals surface area contributed by atoms with Crippen molar-refractivity contribution >= 4 is 0 Å². The van der Waals surface area contributed by atoms with Crippen LogP contribution in [0.5, 0.6) is 0 Å². The Balaban J connectivity index is 2.41. The number of nitrogens with one attached hydrogen (secondary N) is 1. The van der Waals surface area contributed by atoms with E-state index in [4.69, 9.17) is 4.74 Å². The minimum Gasteiger partial charge on any atom is -0.385 e. The monoisotopic (exact) mass is 249 g/mol. The Morgan fingerprint density at radius 3 is 2.78 bits per heavy atom. The smallest absolute Gasteiger partial charge is 0.0462 e. The van der Waals surface area contributed by atoms with Crippen molar-refractivity contribution < 1.29 is 4.74 Å². The fourth-order valence-corrected chi connectivity index (χ4v) is 2.42. The second-order valence-electron chi connectivity index (χ2n) is 5.11. The molecule has 0 aliphatic carbocycles. The highest BCUT2D eigenvalue weighted by atomic mass is 16.5. The van der Waals surface area contributed by atoms with E-state index >= 15 is 0 Å². The first-order valence-corrected chi connectivity index (χ1v) is 6.95. The van der Waals surface area contributed by atoms with Gasteiger partial charge >= 0.3 is 0 Å². The zero-order valence-corrected chi connectivity index (χ0v) is 12.0. The standard InChI is InChI=1S/C16H27NO/c1-14-7-6-9-15(11-14)12-16(13-17-2)8-4-5-10-18-3/h6-7,9,11,16-17H,4-5,8,10,12-13H2,1-3H3. The van der Waals surface area contributed by atoms with Crippen molar-refractivity contribution in [3.63, 3.8) is 0 Å². The van der Waals surface area contributed by atoms with E-state index in [1.165, 1.54) is 36.8 Å². The van der Waals surface area contributed by atoms with Gasteiger partial charge in [-0.2, -0.15) is 0 Å². The van der Waals surface area contributed by atoms with Crippen LogP contribution < -0.4 is 5.32 Å². The van der Waals surface area contributed by atoms with E-state index in [2.05, 4.69) is 36.5 Å². The fraction of sp³-hybridized carbons (Fsp3) is 0.625. The summed E-state index contributed by atoms with van der Waals surface area (Å²) in [5.74, 6) is 0.730. The molecule has 0 saturated carbocycles. The topological polar surface area (TPSA) is 21.3 Å². The molecular formula is C16H27NO. The van der Waals surface area contributed by atoms with Crippen molar-refractivity contribution in [1.29, 1.82) is 0 Å². The molecule has 0 fully saturated rings. The van der Waals surface area contributed by atoms with Gasteiger partial charge < -0.3 is 10.1 Å². The van der Waals surface area contributed by atoms with E-state index in [-0.39, 0.29) is 0 Å². The molecule has 1 N–H and O–H groups in total. The molecule has 0 aliphatic heterocycles. The van der Waals surface area contributed by atoms with E-state index < -0.39 is 0 Å². The SMILES string of the molecule is CNCC(CCCCOC)Cc1cccc(C)c1. The summed E-state index contributed by atoms with van der Waals surface area (Å²) in [5.41, 5.74) is 2.82. The molecule has 0 aliphatic rings. The molecule has 0 spiro atoms. The predicted octanol–water partition coefficient (Wildman–Crippen LogP) is 3.19. The van der Waals surface area contributed by atoms with E-state index in [9.17, 15) is 0 Å². The second kappa shape index (κ2) is 9.12. The first-order chi connectivity index (χ1) is 8.76. The summed E-state index contributed by atoms with van der Waals surface area (Å²) >= 11 is 0. The molecule has 1 unspecified atom stereocenters. The summed E-state index contributed by atoms with van der Waals surface area (Å²) < 4.78 is 5.10. The summed E-state index contributed by atoms with van der Waals surface area (Å²) in [6.45, 7) is 4.15. The zero-order chi connectivity index (χ0) is 13.2. The van der Waals surface area contributed by atoms with Crippen LogP contribution in [0.15, 0.2) is 24.3 Å². The van der Waals surface area contributed by atoms with Crippen LogP contribution in [0.2, 0.25) is 0 Å². The number of methoxy groups -OCH3 is 1. The van der Waals surface area contributed by atoms with E-state index in [0.29, 0.717) is 0 Å². The lowest BCUT2D eigenvalue weighted by Gasteiger charge is -2.16. The van der Waals surface area contributed by atoms with Crippen LogP contribution in [0.3, 0.4) is 0 Å². The van der Waals surface area contributed by atoms with Gasteiger partial charge in [0.2, 0.25) is 0 Å². The lowest BCUT2D eigenvalue weighted by molar-refractivity contribution is 0.190. The highest BCUT2D eigenvalue weighted by molar-refractivity contribution is 5.22. The summed E-state index contributed by atoms with van der Waals surface area (Å²) in [6, 6.07) is 8.86. The quantitative estimate of drug-likeness (QED) is 0.679. The van der Waals surface area contributed by atoms with Crippen LogP contribution in [0, 0.1) is 12.8 Å². The Bertz CT molecular complexity index is 325. The third-order valence-electron chi connectivity index (χ3n) is 3.31. The molecule has 0 bridgehead atoms. The molecule has 18 heavy (non-hydrogen) atoms. The molecule has 2 heteroatoms. The normalized spacial score (nSPS) is 12.6. The summed E-state index contributed by atoms with van der Waals surface area (Å²) in [6.07, 6.45) is 4.88. The molecule has 1 aromatic rings. The van der Waals surface area contributed by atoms with Gasteiger partial charge in [0.25, 0.3) is 0 Å². The number of ether oxygens (including phenoxy) is 1. The molecule has 0 saturated heterocycles. The lowest BCUT2D eigenvalue weighted by Crippen LogP contribution is -2.21.